The van der Waals surface area contributed by atoms with Gasteiger partial charge in [-0.25, -0.2) is 0 Å². The molecule has 0 saturated heterocycles. The van der Waals surface area contributed by atoms with Gasteiger partial charge in [0.1, 0.15) is 17.3 Å². The number of aromatic nitrogens is 4. The number of aryl methyl sites for hydroxylation is 1. The highest BCUT2D eigenvalue weighted by Gasteiger charge is 2.08. The lowest BCUT2D eigenvalue weighted by Crippen LogP contribution is -2.10. The Bertz CT molecular complexity index is 795. The second kappa shape index (κ2) is 5.21. The predicted octanol–water partition coefficient (Wildman–Crippen LogP) is 2.90. The van der Waals surface area contributed by atoms with Crippen LogP contribution in [0.15, 0.2) is 30.6 Å². The summed E-state index contributed by atoms with van der Waals surface area (Å²) in [4.78, 5) is 10.2. The number of benzene rings is 1. The molecule has 0 aliphatic heterocycles. The monoisotopic (exact) mass is 302 g/mol. The highest BCUT2D eigenvalue weighted by molar-refractivity contribution is 6.29. The van der Waals surface area contributed by atoms with E-state index in [1.165, 1.54) is 11.9 Å². The molecule has 2 aromatic heterocycles. The molecule has 21 heavy (non-hydrogen) atoms. The molecule has 6 nitrogen and oxygen atoms in total. The van der Waals surface area contributed by atoms with E-state index in [-0.39, 0.29) is 0 Å². The van der Waals surface area contributed by atoms with Crippen LogP contribution in [-0.4, -0.2) is 33.7 Å². The van der Waals surface area contributed by atoms with Gasteiger partial charge in [-0.2, -0.15) is 19.6 Å². The van der Waals surface area contributed by atoms with E-state index in [0.29, 0.717) is 10.9 Å². The van der Waals surface area contributed by atoms with Crippen molar-refractivity contribution in [1.29, 1.82) is 0 Å². The fourth-order valence-corrected chi connectivity index (χ4v) is 2.37. The van der Waals surface area contributed by atoms with E-state index >= 15 is 0 Å². The number of anilines is 3. The van der Waals surface area contributed by atoms with Crippen LogP contribution >= 0.6 is 11.6 Å². The summed E-state index contributed by atoms with van der Waals surface area (Å²) in [5.41, 5.74) is 3.31. The fourth-order valence-electron chi connectivity index (χ4n) is 2.19. The second-order valence-corrected chi connectivity index (χ2v) is 5.34. The van der Waals surface area contributed by atoms with Gasteiger partial charge >= 0.3 is 0 Å². The summed E-state index contributed by atoms with van der Waals surface area (Å²) in [6.45, 7) is 2.08. The van der Waals surface area contributed by atoms with Crippen LogP contribution in [0.1, 0.15) is 5.56 Å². The Kier molecular flexibility index (Phi) is 3.39. The van der Waals surface area contributed by atoms with Crippen molar-refractivity contribution < 1.29 is 0 Å². The predicted molar refractivity (Wildman–Crippen MR) is 84.6 cm³/mol. The molecule has 1 aromatic carbocycles. The Morgan fingerprint density at radius 3 is 2.81 bits per heavy atom. The van der Waals surface area contributed by atoms with Gasteiger partial charge in [-0.05, 0) is 24.6 Å². The molecule has 1 N–H and O–H groups in total. The largest absolute Gasteiger partial charge is 0.377 e. The maximum absolute atomic E-state index is 6.01. The van der Waals surface area contributed by atoms with Gasteiger partial charge in [0, 0.05) is 31.5 Å². The minimum absolute atomic E-state index is 0.373. The van der Waals surface area contributed by atoms with Gasteiger partial charge in [-0.3, -0.25) is 0 Å². The average Bonchev–Trinajstić information content (AvgIpc) is 2.88. The number of nitrogens with one attached hydrogen (secondary N) is 1. The van der Waals surface area contributed by atoms with Crippen molar-refractivity contribution >= 4 is 34.6 Å². The van der Waals surface area contributed by atoms with E-state index in [4.69, 9.17) is 11.6 Å². The van der Waals surface area contributed by atoms with E-state index in [2.05, 4.69) is 44.3 Å². The summed E-state index contributed by atoms with van der Waals surface area (Å²) >= 11 is 6.01. The standard InChI is InChI=1S/C14H15ClN6/c1-9-4-5-10(6-11(9)20(2)3)18-13-7-12(15)19-14-16-8-17-21(13)14/h4-8,18H,1-3H3. The highest BCUT2D eigenvalue weighted by atomic mass is 35.5. The van der Waals surface area contributed by atoms with Gasteiger partial charge < -0.3 is 10.2 Å². The van der Waals surface area contributed by atoms with Gasteiger partial charge in [0.2, 0.25) is 0 Å². The maximum atomic E-state index is 6.01. The van der Waals surface area contributed by atoms with E-state index in [1.807, 2.05) is 20.2 Å². The summed E-state index contributed by atoms with van der Waals surface area (Å²) in [6, 6.07) is 7.88. The molecule has 0 aliphatic carbocycles. The van der Waals surface area contributed by atoms with Gasteiger partial charge in [0.25, 0.3) is 5.78 Å². The summed E-state index contributed by atoms with van der Waals surface area (Å²) in [7, 11) is 4.04. The van der Waals surface area contributed by atoms with E-state index in [9.17, 15) is 0 Å². The van der Waals surface area contributed by atoms with Gasteiger partial charge in [0.15, 0.2) is 0 Å². The highest BCUT2D eigenvalue weighted by Crippen LogP contribution is 2.25. The Balaban J connectivity index is 2.02. The SMILES string of the molecule is Cc1ccc(Nc2cc(Cl)nc3ncnn23)cc1N(C)C. The number of nitrogens with zero attached hydrogens (tertiary/aromatic N) is 5. The number of rotatable bonds is 3. The molecule has 0 bridgehead atoms. The molecule has 0 unspecified atom stereocenters. The molecular weight excluding hydrogens is 288 g/mol. The molecule has 2 heterocycles. The Morgan fingerprint density at radius 2 is 2.05 bits per heavy atom. The van der Waals surface area contributed by atoms with Crippen LogP contribution in [0.5, 0.6) is 0 Å². The Hall–Kier alpha value is -2.34. The third-order valence-corrected chi connectivity index (χ3v) is 3.38. The Morgan fingerprint density at radius 1 is 1.24 bits per heavy atom. The molecule has 0 fully saturated rings. The first-order valence-electron chi connectivity index (χ1n) is 6.46. The van der Waals surface area contributed by atoms with Crippen LogP contribution in [0.25, 0.3) is 5.78 Å². The van der Waals surface area contributed by atoms with Gasteiger partial charge in [-0.1, -0.05) is 17.7 Å². The van der Waals surface area contributed by atoms with Crippen molar-refractivity contribution in [1.82, 2.24) is 19.6 Å². The Labute approximate surface area is 127 Å². The zero-order valence-corrected chi connectivity index (χ0v) is 12.8. The minimum Gasteiger partial charge on any atom is -0.377 e. The molecule has 0 spiro atoms. The zero-order valence-electron chi connectivity index (χ0n) is 12.0. The molecule has 3 aromatic rings. The molecule has 0 aliphatic rings. The molecule has 0 atom stereocenters. The van der Waals surface area contributed by atoms with Crippen LogP contribution in [0.4, 0.5) is 17.2 Å². The molecular formula is C14H15ClN6. The van der Waals surface area contributed by atoms with Gasteiger partial charge in [-0.15, -0.1) is 0 Å². The lowest BCUT2D eigenvalue weighted by atomic mass is 10.1. The zero-order chi connectivity index (χ0) is 15.0. The number of hydrogen-bond acceptors (Lipinski definition) is 5. The number of fused-ring (bicyclic) bond motifs is 1. The van der Waals surface area contributed by atoms with E-state index in [0.717, 1.165) is 17.2 Å². The minimum atomic E-state index is 0.373. The molecule has 108 valence electrons. The van der Waals surface area contributed by atoms with Crippen molar-refractivity contribution in [3.8, 4) is 0 Å². The molecule has 0 radical (unpaired) electrons. The summed E-state index contributed by atoms with van der Waals surface area (Å²) < 4.78 is 1.61. The van der Waals surface area contributed by atoms with Crippen LogP contribution < -0.4 is 10.2 Å². The number of hydrogen-bond donors (Lipinski definition) is 1. The molecule has 3 rings (SSSR count). The average molecular weight is 303 g/mol. The quantitative estimate of drug-likeness (QED) is 0.754. The second-order valence-electron chi connectivity index (χ2n) is 4.96. The normalized spacial score (nSPS) is 10.9. The first-order valence-corrected chi connectivity index (χ1v) is 6.83. The van der Waals surface area contributed by atoms with Crippen LogP contribution in [-0.2, 0) is 0 Å². The number of halogens is 1. The van der Waals surface area contributed by atoms with Gasteiger partial charge in [0.05, 0.1) is 0 Å². The smallest absolute Gasteiger partial charge is 0.255 e. The van der Waals surface area contributed by atoms with Crippen molar-refractivity contribution in [3.63, 3.8) is 0 Å². The first kappa shape index (κ1) is 13.6. The van der Waals surface area contributed by atoms with Crippen LogP contribution in [0.2, 0.25) is 5.15 Å². The maximum Gasteiger partial charge on any atom is 0.255 e. The topological polar surface area (TPSA) is 58.4 Å². The van der Waals surface area contributed by atoms with Crippen LogP contribution in [0, 0.1) is 6.92 Å². The van der Waals surface area contributed by atoms with Crippen molar-refractivity contribution in [3.05, 3.63) is 41.3 Å². The lowest BCUT2D eigenvalue weighted by molar-refractivity contribution is 0.947. The fraction of sp³-hybridized carbons (Fsp3) is 0.214. The summed E-state index contributed by atoms with van der Waals surface area (Å²) in [5, 5.41) is 7.82. The third kappa shape index (κ3) is 2.62. The molecule has 0 saturated carbocycles. The molecule has 7 heteroatoms. The summed E-state index contributed by atoms with van der Waals surface area (Å²) in [6.07, 6.45) is 1.45. The van der Waals surface area contributed by atoms with E-state index < -0.39 is 0 Å². The third-order valence-electron chi connectivity index (χ3n) is 3.18. The lowest BCUT2D eigenvalue weighted by Gasteiger charge is -2.17. The molecule has 0 amide bonds. The van der Waals surface area contributed by atoms with Crippen molar-refractivity contribution in [2.75, 3.05) is 24.3 Å². The summed E-state index contributed by atoms with van der Waals surface area (Å²) in [5.74, 6) is 1.18. The van der Waals surface area contributed by atoms with Crippen molar-refractivity contribution in [2.24, 2.45) is 0 Å². The van der Waals surface area contributed by atoms with Crippen LogP contribution in [0.3, 0.4) is 0 Å². The first-order chi connectivity index (χ1) is 10.0. The van der Waals surface area contributed by atoms with Crippen molar-refractivity contribution in [2.45, 2.75) is 6.92 Å². The van der Waals surface area contributed by atoms with E-state index in [1.54, 1.807) is 10.6 Å².